The Morgan fingerprint density at radius 3 is 2.19 bits per heavy atom. The van der Waals surface area contributed by atoms with Gasteiger partial charge in [-0.25, -0.2) is 4.79 Å². The fraction of sp³-hybridized carbons (Fsp3) is 0.250. The van der Waals surface area contributed by atoms with Crippen LogP contribution in [-0.4, -0.2) is 35.3 Å². The van der Waals surface area contributed by atoms with Crippen LogP contribution in [-0.2, 0) is 16.1 Å². The van der Waals surface area contributed by atoms with Crippen molar-refractivity contribution in [2.75, 3.05) is 6.61 Å². The summed E-state index contributed by atoms with van der Waals surface area (Å²) in [4.78, 5) is 38.2. The lowest BCUT2D eigenvalue weighted by Gasteiger charge is -2.21. The van der Waals surface area contributed by atoms with Crippen molar-refractivity contribution < 1.29 is 23.9 Å². The lowest BCUT2D eigenvalue weighted by molar-refractivity contribution is -0.149. The first-order valence-electron chi connectivity index (χ1n) is 8.38. The van der Waals surface area contributed by atoms with E-state index in [1.807, 2.05) is 19.1 Å². The number of esters is 1. The second-order valence-corrected chi connectivity index (χ2v) is 5.85. The molecule has 1 atom stereocenters. The number of carbonyl (C=O) groups is 3. The van der Waals surface area contributed by atoms with Gasteiger partial charge < -0.3 is 9.47 Å². The van der Waals surface area contributed by atoms with E-state index >= 15 is 0 Å². The Hall–Kier alpha value is -3.15. The van der Waals surface area contributed by atoms with E-state index < -0.39 is 23.8 Å². The van der Waals surface area contributed by atoms with Crippen LogP contribution in [0, 0.1) is 0 Å². The number of carbonyl (C=O) groups excluding carboxylic acids is 3. The Morgan fingerprint density at radius 1 is 1.00 bits per heavy atom. The van der Waals surface area contributed by atoms with Crippen LogP contribution in [0.5, 0.6) is 5.75 Å². The molecule has 0 radical (unpaired) electrons. The topological polar surface area (TPSA) is 72.9 Å². The summed E-state index contributed by atoms with van der Waals surface area (Å²) in [6.07, 6.45) is 0. The van der Waals surface area contributed by atoms with Gasteiger partial charge in [-0.05, 0) is 32.0 Å². The second-order valence-electron chi connectivity index (χ2n) is 5.85. The van der Waals surface area contributed by atoms with Gasteiger partial charge in [0, 0.05) is 5.56 Å². The molecule has 26 heavy (non-hydrogen) atoms. The van der Waals surface area contributed by atoms with Crippen molar-refractivity contribution in [1.82, 2.24) is 4.90 Å². The van der Waals surface area contributed by atoms with Gasteiger partial charge in [-0.1, -0.05) is 30.3 Å². The molecule has 0 saturated heterocycles. The molecule has 0 spiro atoms. The molecule has 0 saturated carbocycles. The number of rotatable bonds is 6. The van der Waals surface area contributed by atoms with Crippen LogP contribution < -0.4 is 4.74 Å². The zero-order valence-electron chi connectivity index (χ0n) is 14.6. The predicted octanol–water partition coefficient (Wildman–Crippen LogP) is 2.81. The first-order valence-corrected chi connectivity index (χ1v) is 8.38. The highest BCUT2D eigenvalue weighted by Crippen LogP contribution is 2.25. The van der Waals surface area contributed by atoms with Crippen molar-refractivity contribution >= 4 is 17.8 Å². The smallest absolute Gasteiger partial charge is 0.329 e. The van der Waals surface area contributed by atoms with E-state index in [4.69, 9.17) is 9.47 Å². The normalized spacial score (nSPS) is 14.2. The van der Waals surface area contributed by atoms with E-state index in [2.05, 4.69) is 0 Å². The number of hydrogen-bond donors (Lipinski definition) is 0. The molecule has 0 fully saturated rings. The molecular formula is C20H19NO5. The summed E-state index contributed by atoms with van der Waals surface area (Å²) in [5.41, 5.74) is 1.33. The molecule has 6 nitrogen and oxygen atoms in total. The van der Waals surface area contributed by atoms with Crippen LogP contribution in [0.4, 0.5) is 0 Å². The average molecular weight is 353 g/mol. The summed E-state index contributed by atoms with van der Waals surface area (Å²) in [5.74, 6) is -0.975. The van der Waals surface area contributed by atoms with Gasteiger partial charge in [0.2, 0.25) is 0 Å². The Morgan fingerprint density at radius 2 is 1.58 bits per heavy atom. The molecule has 6 heteroatoms. The average Bonchev–Trinajstić information content (AvgIpc) is 2.91. The van der Waals surface area contributed by atoms with Crippen LogP contribution in [0.1, 0.15) is 40.1 Å². The third-order valence-electron chi connectivity index (χ3n) is 4.20. The number of amides is 2. The van der Waals surface area contributed by atoms with Gasteiger partial charge in [0.1, 0.15) is 18.4 Å². The van der Waals surface area contributed by atoms with Gasteiger partial charge in [-0.15, -0.1) is 0 Å². The quantitative estimate of drug-likeness (QED) is 0.590. The summed E-state index contributed by atoms with van der Waals surface area (Å²) in [7, 11) is 0. The highest BCUT2D eigenvalue weighted by Gasteiger charge is 2.41. The zero-order valence-corrected chi connectivity index (χ0v) is 14.6. The van der Waals surface area contributed by atoms with Gasteiger partial charge in [-0.2, -0.15) is 0 Å². The zero-order chi connectivity index (χ0) is 18.7. The van der Waals surface area contributed by atoms with Crippen LogP contribution in [0.2, 0.25) is 0 Å². The molecular weight excluding hydrogens is 334 g/mol. The molecule has 1 heterocycles. The second kappa shape index (κ2) is 7.39. The molecule has 0 bridgehead atoms. The van der Waals surface area contributed by atoms with E-state index in [0.717, 1.165) is 10.5 Å². The molecule has 2 aromatic carbocycles. The van der Waals surface area contributed by atoms with Gasteiger partial charge in [0.05, 0.1) is 17.7 Å². The van der Waals surface area contributed by atoms with E-state index in [1.54, 1.807) is 36.4 Å². The highest BCUT2D eigenvalue weighted by atomic mass is 16.5. The molecule has 134 valence electrons. The Labute approximate surface area is 151 Å². The first kappa shape index (κ1) is 17.7. The minimum Gasteiger partial charge on any atom is -0.493 e. The first-order chi connectivity index (χ1) is 12.5. The van der Waals surface area contributed by atoms with Gasteiger partial charge in [0.15, 0.2) is 0 Å². The molecule has 1 aliphatic rings. The number of ether oxygens (including phenoxy) is 2. The van der Waals surface area contributed by atoms with Gasteiger partial charge >= 0.3 is 5.97 Å². The minimum atomic E-state index is -1.01. The van der Waals surface area contributed by atoms with Crippen molar-refractivity contribution in [2.45, 2.75) is 26.5 Å². The van der Waals surface area contributed by atoms with Crippen LogP contribution in [0.15, 0.2) is 48.5 Å². The highest BCUT2D eigenvalue weighted by molar-refractivity contribution is 6.22. The summed E-state index contributed by atoms with van der Waals surface area (Å²) < 4.78 is 10.8. The van der Waals surface area contributed by atoms with Crippen molar-refractivity contribution in [3.05, 3.63) is 65.2 Å². The van der Waals surface area contributed by atoms with Crippen molar-refractivity contribution in [1.29, 1.82) is 0 Å². The molecule has 2 aromatic rings. The van der Waals surface area contributed by atoms with Crippen LogP contribution >= 0.6 is 0 Å². The number of nitrogens with zero attached hydrogens (tertiary/aromatic N) is 1. The molecule has 0 aromatic heterocycles. The van der Waals surface area contributed by atoms with Crippen molar-refractivity contribution in [3.8, 4) is 5.75 Å². The Balaban J connectivity index is 1.70. The minimum absolute atomic E-state index is 0.00250. The summed E-state index contributed by atoms with van der Waals surface area (Å²) in [5, 5.41) is 0. The predicted molar refractivity (Wildman–Crippen MR) is 93.8 cm³/mol. The summed E-state index contributed by atoms with van der Waals surface area (Å²) in [6.45, 7) is 3.85. The maximum Gasteiger partial charge on any atom is 0.329 e. The number of imide groups is 1. The van der Waals surface area contributed by atoms with Crippen LogP contribution in [0.3, 0.4) is 0 Å². The molecule has 0 N–H and O–H groups in total. The summed E-state index contributed by atoms with van der Waals surface area (Å²) >= 11 is 0. The number of hydrogen-bond acceptors (Lipinski definition) is 5. The monoisotopic (exact) mass is 353 g/mol. The SMILES string of the molecule is CCOc1ccccc1COC(=O)[C@@H](C)N1C(=O)c2ccccc2C1=O. The maximum absolute atomic E-state index is 12.4. The van der Waals surface area contributed by atoms with E-state index in [0.29, 0.717) is 23.5 Å². The third kappa shape index (κ3) is 3.18. The van der Waals surface area contributed by atoms with Crippen LogP contribution in [0.25, 0.3) is 0 Å². The molecule has 0 aliphatic carbocycles. The largest absolute Gasteiger partial charge is 0.493 e. The number of fused-ring (bicyclic) bond motifs is 1. The maximum atomic E-state index is 12.4. The third-order valence-corrected chi connectivity index (χ3v) is 4.20. The van der Waals surface area contributed by atoms with E-state index in [9.17, 15) is 14.4 Å². The standard InChI is InChI=1S/C20H19NO5/c1-3-25-17-11-7-4-8-14(17)12-26-20(24)13(2)21-18(22)15-9-5-6-10-16(15)19(21)23/h4-11,13H,3,12H2,1-2H3/t13-/m1/s1. The number of para-hydroxylation sites is 1. The Bertz CT molecular complexity index is 826. The molecule has 0 unspecified atom stereocenters. The number of benzene rings is 2. The fourth-order valence-corrected chi connectivity index (χ4v) is 2.85. The lowest BCUT2D eigenvalue weighted by atomic mass is 10.1. The lowest BCUT2D eigenvalue weighted by Crippen LogP contribution is -2.43. The van der Waals surface area contributed by atoms with E-state index in [-0.39, 0.29) is 6.61 Å². The van der Waals surface area contributed by atoms with Crippen molar-refractivity contribution in [2.24, 2.45) is 0 Å². The molecule has 1 aliphatic heterocycles. The van der Waals surface area contributed by atoms with Crippen molar-refractivity contribution in [3.63, 3.8) is 0 Å². The van der Waals surface area contributed by atoms with Gasteiger partial charge in [-0.3, -0.25) is 14.5 Å². The Kier molecular flexibility index (Phi) is 5.02. The fourth-order valence-electron chi connectivity index (χ4n) is 2.85. The van der Waals surface area contributed by atoms with E-state index in [1.165, 1.54) is 6.92 Å². The molecule has 3 rings (SSSR count). The molecule has 2 amide bonds. The summed E-state index contributed by atoms with van der Waals surface area (Å²) in [6, 6.07) is 12.7. The van der Waals surface area contributed by atoms with Gasteiger partial charge in [0.25, 0.3) is 11.8 Å².